The molecule has 9 heteroatoms. The smallest absolute Gasteiger partial charge is 0.273 e. The lowest BCUT2D eigenvalue weighted by Gasteiger charge is -2.17. The summed E-state index contributed by atoms with van der Waals surface area (Å²) in [5.74, 6) is 1.31. The molecular formula is C15H22N8O. The fraction of sp³-hybridized carbons (Fsp3) is 0.533. The molecule has 0 aromatic carbocycles. The summed E-state index contributed by atoms with van der Waals surface area (Å²) < 4.78 is 1.49. The van der Waals surface area contributed by atoms with Gasteiger partial charge in [-0.05, 0) is 19.8 Å². The van der Waals surface area contributed by atoms with E-state index in [-0.39, 0.29) is 5.91 Å². The number of rotatable bonds is 6. The molecule has 0 bridgehead atoms. The van der Waals surface area contributed by atoms with Crippen molar-refractivity contribution in [1.82, 2.24) is 30.3 Å². The van der Waals surface area contributed by atoms with E-state index in [0.717, 1.165) is 24.6 Å². The highest BCUT2D eigenvalue weighted by atomic mass is 16.2. The molecule has 0 aliphatic carbocycles. The molecule has 1 aliphatic heterocycles. The molecule has 0 atom stereocenters. The molecule has 2 aromatic rings. The second kappa shape index (κ2) is 7.24. The average Bonchev–Trinajstić information content (AvgIpc) is 3.22. The first-order valence-electron chi connectivity index (χ1n) is 8.11. The molecule has 0 radical (unpaired) electrons. The lowest BCUT2D eigenvalue weighted by Crippen LogP contribution is -2.29. The third-order valence-corrected chi connectivity index (χ3v) is 3.80. The molecule has 2 aromatic heterocycles. The van der Waals surface area contributed by atoms with Crippen LogP contribution < -0.4 is 15.5 Å². The van der Waals surface area contributed by atoms with Gasteiger partial charge >= 0.3 is 0 Å². The Labute approximate surface area is 140 Å². The van der Waals surface area contributed by atoms with Crippen molar-refractivity contribution in [1.29, 1.82) is 0 Å². The standard InChI is InChI=1S/C15H22N8O/c1-11-9-13(23-7-3-4-8-23)19-15(18-11)17-6-5-16-14(24)12-10-22(2)21-20-12/h9-10H,3-8H2,1-2H3,(H,16,24)(H,17,18,19). The van der Waals surface area contributed by atoms with Crippen molar-refractivity contribution < 1.29 is 4.79 Å². The monoisotopic (exact) mass is 330 g/mol. The number of nitrogens with one attached hydrogen (secondary N) is 2. The minimum absolute atomic E-state index is 0.243. The Balaban J connectivity index is 1.50. The van der Waals surface area contributed by atoms with Gasteiger partial charge in [-0.1, -0.05) is 5.21 Å². The van der Waals surface area contributed by atoms with E-state index in [1.54, 1.807) is 13.2 Å². The van der Waals surface area contributed by atoms with Gasteiger partial charge in [0.1, 0.15) is 5.82 Å². The third-order valence-electron chi connectivity index (χ3n) is 3.80. The van der Waals surface area contributed by atoms with Gasteiger partial charge in [-0.3, -0.25) is 9.48 Å². The maximum atomic E-state index is 11.9. The van der Waals surface area contributed by atoms with Crippen molar-refractivity contribution >= 4 is 17.7 Å². The summed E-state index contributed by atoms with van der Waals surface area (Å²) in [4.78, 5) is 23.1. The van der Waals surface area contributed by atoms with Crippen LogP contribution in [0.1, 0.15) is 29.0 Å². The second-order valence-corrected chi connectivity index (χ2v) is 5.85. The van der Waals surface area contributed by atoms with Gasteiger partial charge in [0.25, 0.3) is 5.91 Å². The molecule has 1 amide bonds. The Bertz CT molecular complexity index is 707. The number of carbonyl (C=O) groups is 1. The maximum Gasteiger partial charge on any atom is 0.273 e. The van der Waals surface area contributed by atoms with Crippen LogP contribution in [0.2, 0.25) is 0 Å². The van der Waals surface area contributed by atoms with Crippen molar-refractivity contribution in [2.45, 2.75) is 19.8 Å². The summed E-state index contributed by atoms with van der Waals surface area (Å²) >= 11 is 0. The highest BCUT2D eigenvalue weighted by Gasteiger charge is 2.15. The van der Waals surface area contributed by atoms with E-state index < -0.39 is 0 Å². The quantitative estimate of drug-likeness (QED) is 0.737. The van der Waals surface area contributed by atoms with E-state index in [9.17, 15) is 4.79 Å². The number of nitrogens with zero attached hydrogens (tertiary/aromatic N) is 6. The van der Waals surface area contributed by atoms with Crippen LogP contribution in [-0.2, 0) is 7.05 Å². The van der Waals surface area contributed by atoms with Crippen LogP contribution in [0, 0.1) is 6.92 Å². The summed E-state index contributed by atoms with van der Waals surface area (Å²) in [5, 5.41) is 13.4. The van der Waals surface area contributed by atoms with Crippen LogP contribution in [-0.4, -0.2) is 57.0 Å². The fourth-order valence-corrected chi connectivity index (χ4v) is 2.63. The number of anilines is 2. The molecule has 3 rings (SSSR count). The predicted molar refractivity (Wildman–Crippen MR) is 90.0 cm³/mol. The van der Waals surface area contributed by atoms with Crippen LogP contribution in [0.3, 0.4) is 0 Å². The van der Waals surface area contributed by atoms with Gasteiger partial charge in [0.15, 0.2) is 5.69 Å². The summed E-state index contributed by atoms with van der Waals surface area (Å²) in [7, 11) is 1.72. The normalized spacial score (nSPS) is 14.0. The van der Waals surface area contributed by atoms with Crippen LogP contribution >= 0.6 is 0 Å². The summed E-state index contributed by atoms with van der Waals surface area (Å²) in [5.41, 5.74) is 1.23. The third kappa shape index (κ3) is 3.98. The molecule has 0 spiro atoms. The van der Waals surface area contributed by atoms with Crippen molar-refractivity contribution in [2.75, 3.05) is 36.4 Å². The first kappa shape index (κ1) is 16.2. The van der Waals surface area contributed by atoms with E-state index in [4.69, 9.17) is 0 Å². The van der Waals surface area contributed by atoms with Crippen molar-refractivity contribution in [3.63, 3.8) is 0 Å². The van der Waals surface area contributed by atoms with E-state index >= 15 is 0 Å². The fourth-order valence-electron chi connectivity index (χ4n) is 2.63. The Kier molecular flexibility index (Phi) is 4.88. The van der Waals surface area contributed by atoms with Gasteiger partial charge in [0.2, 0.25) is 5.95 Å². The number of amides is 1. The molecular weight excluding hydrogens is 308 g/mol. The first-order valence-corrected chi connectivity index (χ1v) is 8.11. The molecule has 1 aliphatic rings. The number of aryl methyl sites for hydroxylation is 2. The summed E-state index contributed by atoms with van der Waals surface area (Å²) in [6, 6.07) is 2.01. The predicted octanol–water partition coefficient (Wildman–Crippen LogP) is 0.356. The number of hydrogen-bond acceptors (Lipinski definition) is 7. The Morgan fingerprint density at radius 1 is 1.25 bits per heavy atom. The first-order chi connectivity index (χ1) is 11.6. The van der Waals surface area contributed by atoms with E-state index in [1.165, 1.54) is 17.5 Å². The minimum atomic E-state index is -0.243. The van der Waals surface area contributed by atoms with Gasteiger partial charge in [-0.15, -0.1) is 5.10 Å². The molecule has 3 heterocycles. The highest BCUT2D eigenvalue weighted by molar-refractivity contribution is 5.91. The lowest BCUT2D eigenvalue weighted by atomic mass is 10.4. The Hall–Kier alpha value is -2.71. The molecule has 24 heavy (non-hydrogen) atoms. The van der Waals surface area contributed by atoms with Gasteiger partial charge in [0.05, 0.1) is 6.20 Å². The van der Waals surface area contributed by atoms with Crippen LogP contribution in [0.4, 0.5) is 11.8 Å². The molecule has 9 nitrogen and oxygen atoms in total. The summed E-state index contributed by atoms with van der Waals surface area (Å²) in [6.07, 6.45) is 4.00. The molecule has 0 unspecified atom stereocenters. The average molecular weight is 330 g/mol. The van der Waals surface area contributed by atoms with Crippen molar-refractivity contribution in [3.8, 4) is 0 Å². The number of aromatic nitrogens is 5. The molecule has 1 fully saturated rings. The van der Waals surface area contributed by atoms with E-state index in [0.29, 0.717) is 24.7 Å². The van der Waals surface area contributed by atoms with Gasteiger partial charge < -0.3 is 15.5 Å². The van der Waals surface area contributed by atoms with E-state index in [1.807, 2.05) is 13.0 Å². The van der Waals surface area contributed by atoms with Crippen LogP contribution in [0.25, 0.3) is 0 Å². The Morgan fingerprint density at radius 3 is 2.75 bits per heavy atom. The zero-order valence-corrected chi connectivity index (χ0v) is 14.0. The molecule has 0 saturated carbocycles. The SMILES string of the molecule is Cc1cc(N2CCCC2)nc(NCCNC(=O)c2cn(C)nn2)n1. The van der Waals surface area contributed by atoms with Gasteiger partial charge in [-0.25, -0.2) is 4.98 Å². The minimum Gasteiger partial charge on any atom is -0.356 e. The van der Waals surface area contributed by atoms with Gasteiger partial charge in [0, 0.05) is 45.0 Å². The Morgan fingerprint density at radius 2 is 2.04 bits per heavy atom. The van der Waals surface area contributed by atoms with Crippen LogP contribution in [0.15, 0.2) is 12.3 Å². The molecule has 1 saturated heterocycles. The molecule has 2 N–H and O–H groups in total. The number of hydrogen-bond donors (Lipinski definition) is 2. The topological polar surface area (TPSA) is 101 Å². The molecule has 128 valence electrons. The highest BCUT2D eigenvalue weighted by Crippen LogP contribution is 2.19. The second-order valence-electron chi connectivity index (χ2n) is 5.85. The maximum absolute atomic E-state index is 11.9. The van der Waals surface area contributed by atoms with Crippen molar-refractivity contribution in [3.05, 3.63) is 23.7 Å². The van der Waals surface area contributed by atoms with Crippen molar-refractivity contribution in [2.24, 2.45) is 7.05 Å². The largest absolute Gasteiger partial charge is 0.356 e. The van der Waals surface area contributed by atoms with E-state index in [2.05, 4.69) is 35.8 Å². The van der Waals surface area contributed by atoms with Gasteiger partial charge in [-0.2, -0.15) is 4.98 Å². The lowest BCUT2D eigenvalue weighted by molar-refractivity contribution is 0.0950. The number of carbonyl (C=O) groups excluding carboxylic acids is 1. The zero-order chi connectivity index (χ0) is 16.9. The van der Waals surface area contributed by atoms with Crippen LogP contribution in [0.5, 0.6) is 0 Å². The zero-order valence-electron chi connectivity index (χ0n) is 14.0. The summed E-state index contributed by atoms with van der Waals surface area (Å²) in [6.45, 7) is 5.04.